The molecule has 1 aromatic heterocycles. The molecule has 3 rings (SSSR count). The summed E-state index contributed by atoms with van der Waals surface area (Å²) < 4.78 is 44.9. The number of halogens is 4. The number of carboxylic acid groups (broad SMARTS) is 1. The van der Waals surface area contributed by atoms with Crippen molar-refractivity contribution in [2.24, 2.45) is 5.92 Å². The Morgan fingerprint density at radius 1 is 1.08 bits per heavy atom. The lowest BCUT2D eigenvalue weighted by Gasteiger charge is -2.18. The largest absolute Gasteiger partial charge is 0.481 e. The van der Waals surface area contributed by atoms with Crippen LogP contribution in [0.15, 0.2) is 58.1 Å². The van der Waals surface area contributed by atoms with Crippen LogP contribution in [0.4, 0.5) is 24.8 Å². The molecule has 0 bridgehead atoms. The number of anilines is 2. The Morgan fingerprint density at radius 2 is 1.69 bits per heavy atom. The van der Waals surface area contributed by atoms with Crippen molar-refractivity contribution in [3.63, 3.8) is 0 Å². The van der Waals surface area contributed by atoms with Gasteiger partial charge in [-0.25, -0.2) is 14.2 Å². The molecule has 2 aromatic carbocycles. The summed E-state index contributed by atoms with van der Waals surface area (Å²) in [5.74, 6) is -2.38. The van der Waals surface area contributed by atoms with Gasteiger partial charge in [0.25, 0.3) is 0 Å². The Balaban J connectivity index is 1.96. The Hall–Kier alpha value is -3.80. The number of rotatable bonds is 9. The van der Waals surface area contributed by atoms with E-state index in [1.807, 2.05) is 0 Å². The van der Waals surface area contributed by atoms with Crippen molar-refractivity contribution in [1.29, 1.82) is 0 Å². The molecule has 36 heavy (non-hydrogen) atoms. The number of aromatic nitrogens is 3. The monoisotopic (exact) mass is 526 g/mol. The summed E-state index contributed by atoms with van der Waals surface area (Å²) in [5, 5.41) is 12.5. The van der Waals surface area contributed by atoms with Crippen LogP contribution >= 0.6 is 11.6 Å². The van der Waals surface area contributed by atoms with Gasteiger partial charge in [-0.2, -0.15) is 18.2 Å². The van der Waals surface area contributed by atoms with Crippen molar-refractivity contribution in [1.82, 2.24) is 14.1 Å². The van der Waals surface area contributed by atoms with Crippen LogP contribution in [-0.4, -0.2) is 37.5 Å². The van der Waals surface area contributed by atoms with Crippen molar-refractivity contribution >= 4 is 29.2 Å². The molecule has 192 valence electrons. The van der Waals surface area contributed by atoms with Crippen LogP contribution < -0.4 is 21.4 Å². The molecular weight excluding hydrogens is 505 g/mol. The fourth-order valence-corrected chi connectivity index (χ4v) is 3.19. The summed E-state index contributed by atoms with van der Waals surface area (Å²) in [5.41, 5.74) is -0.788. The van der Waals surface area contributed by atoms with Gasteiger partial charge >= 0.3 is 23.5 Å². The van der Waals surface area contributed by atoms with E-state index >= 15 is 0 Å². The lowest BCUT2D eigenvalue weighted by atomic mass is 10.2. The molecule has 1 heterocycles. The summed E-state index contributed by atoms with van der Waals surface area (Å²) in [6.07, 6.45) is -6.54. The van der Waals surface area contributed by atoms with E-state index in [4.69, 9.17) is 16.3 Å². The third-order valence-corrected chi connectivity index (χ3v) is 5.42. The number of nitrogens with zero attached hydrogens (tertiary/aromatic N) is 3. The lowest BCUT2D eigenvalue weighted by Crippen LogP contribution is -2.44. The highest BCUT2D eigenvalue weighted by Gasteiger charge is 2.38. The van der Waals surface area contributed by atoms with Crippen LogP contribution in [0.3, 0.4) is 0 Å². The number of nitrogens with one attached hydrogen (secondary N) is 1. The standard InChI is InChI=1S/C23H22ClF3N4O5/c1-13(19(32)33)11-31-21(34)29-20(30(22(31)35)12-15-3-5-16(24)6-4-15)28-17-7-9-18(10-8-17)36-14(2)23(25,26)27/h3-10,13-14H,11-12H2,1-2H3,(H,32,33)(H,28,29,34)/t13-,14?/m0/s1. The van der Waals surface area contributed by atoms with Crippen molar-refractivity contribution in [3.05, 3.63) is 80.1 Å². The summed E-state index contributed by atoms with van der Waals surface area (Å²) in [4.78, 5) is 41.0. The molecule has 0 aliphatic rings. The number of benzene rings is 2. The second-order valence-electron chi connectivity index (χ2n) is 8.01. The van der Waals surface area contributed by atoms with Gasteiger partial charge in [-0.05, 0) is 48.9 Å². The Morgan fingerprint density at radius 3 is 2.25 bits per heavy atom. The maximum atomic E-state index is 13.2. The van der Waals surface area contributed by atoms with Crippen molar-refractivity contribution in [2.75, 3.05) is 5.32 Å². The zero-order valence-electron chi connectivity index (χ0n) is 19.1. The van der Waals surface area contributed by atoms with E-state index in [0.29, 0.717) is 16.3 Å². The number of hydrogen-bond acceptors (Lipinski definition) is 6. The van der Waals surface area contributed by atoms with E-state index in [1.54, 1.807) is 24.3 Å². The van der Waals surface area contributed by atoms with Crippen LogP contribution in [0.5, 0.6) is 5.75 Å². The highest BCUT2D eigenvalue weighted by molar-refractivity contribution is 6.30. The van der Waals surface area contributed by atoms with Gasteiger partial charge in [-0.1, -0.05) is 30.7 Å². The zero-order chi connectivity index (χ0) is 26.6. The first kappa shape index (κ1) is 26.8. The molecule has 2 atom stereocenters. The summed E-state index contributed by atoms with van der Waals surface area (Å²) in [6, 6.07) is 12.0. The van der Waals surface area contributed by atoms with Gasteiger partial charge in [0.2, 0.25) is 5.95 Å². The van der Waals surface area contributed by atoms with Crippen LogP contribution in [0.1, 0.15) is 19.4 Å². The minimum Gasteiger partial charge on any atom is -0.481 e. The number of alkyl halides is 3. The molecule has 13 heteroatoms. The summed E-state index contributed by atoms with van der Waals surface area (Å²) in [7, 11) is 0. The maximum Gasteiger partial charge on any atom is 0.425 e. The van der Waals surface area contributed by atoms with Gasteiger partial charge in [-0.3, -0.25) is 9.36 Å². The predicted molar refractivity (Wildman–Crippen MR) is 126 cm³/mol. The SMILES string of the molecule is CC(Oc1ccc(Nc2nc(=O)n(C[C@H](C)C(=O)O)c(=O)n2Cc2ccc(Cl)cc2)cc1)C(F)(F)F. The van der Waals surface area contributed by atoms with Crippen molar-refractivity contribution in [3.8, 4) is 5.75 Å². The number of carboxylic acids is 1. The van der Waals surface area contributed by atoms with Gasteiger partial charge in [0.1, 0.15) is 5.75 Å². The van der Waals surface area contributed by atoms with E-state index in [0.717, 1.165) is 16.1 Å². The smallest absolute Gasteiger partial charge is 0.425 e. The molecule has 1 unspecified atom stereocenters. The zero-order valence-corrected chi connectivity index (χ0v) is 19.9. The van der Waals surface area contributed by atoms with Gasteiger partial charge in [0.15, 0.2) is 6.10 Å². The molecule has 0 fully saturated rings. The Kier molecular flexibility index (Phi) is 8.08. The van der Waals surface area contributed by atoms with Crippen molar-refractivity contribution < 1.29 is 27.8 Å². The number of hydrogen-bond donors (Lipinski definition) is 2. The number of carbonyl (C=O) groups is 1. The molecule has 0 saturated heterocycles. The molecule has 0 spiro atoms. The van der Waals surface area contributed by atoms with E-state index in [9.17, 15) is 32.7 Å². The average Bonchev–Trinajstić information content (AvgIpc) is 2.80. The highest BCUT2D eigenvalue weighted by Crippen LogP contribution is 2.26. The second kappa shape index (κ2) is 10.9. The highest BCUT2D eigenvalue weighted by atomic mass is 35.5. The normalized spacial score (nSPS) is 13.2. The van der Waals surface area contributed by atoms with Crippen molar-refractivity contribution in [2.45, 2.75) is 39.2 Å². The fraction of sp³-hybridized carbons (Fsp3) is 0.304. The third kappa shape index (κ3) is 6.66. The molecule has 0 aliphatic carbocycles. The Bertz CT molecular complexity index is 1340. The molecule has 0 amide bonds. The maximum absolute atomic E-state index is 13.2. The first-order valence-electron chi connectivity index (χ1n) is 10.6. The first-order chi connectivity index (χ1) is 16.8. The number of aliphatic carboxylic acids is 1. The summed E-state index contributed by atoms with van der Waals surface area (Å²) >= 11 is 5.92. The topological polar surface area (TPSA) is 115 Å². The molecule has 2 N–H and O–H groups in total. The van der Waals surface area contributed by atoms with E-state index in [-0.39, 0.29) is 24.8 Å². The predicted octanol–water partition coefficient (Wildman–Crippen LogP) is 3.90. The molecular formula is C23H22ClF3N4O5. The van der Waals surface area contributed by atoms with Gasteiger partial charge in [-0.15, -0.1) is 0 Å². The van der Waals surface area contributed by atoms with Crippen LogP contribution in [0, 0.1) is 5.92 Å². The Labute approximate surface area is 207 Å². The fourth-order valence-electron chi connectivity index (χ4n) is 3.06. The van der Waals surface area contributed by atoms with Gasteiger partial charge in [0.05, 0.1) is 12.5 Å². The minimum absolute atomic E-state index is 0.0304. The molecule has 0 aliphatic heterocycles. The van der Waals surface area contributed by atoms with Crippen LogP contribution in [0.25, 0.3) is 0 Å². The molecule has 0 saturated carbocycles. The quantitative estimate of drug-likeness (QED) is 0.434. The first-order valence-corrected chi connectivity index (χ1v) is 11.0. The van der Waals surface area contributed by atoms with E-state index in [2.05, 4.69) is 10.3 Å². The average molecular weight is 527 g/mol. The molecule has 3 aromatic rings. The van der Waals surface area contributed by atoms with Gasteiger partial charge in [0, 0.05) is 17.3 Å². The number of ether oxygens (including phenoxy) is 1. The third-order valence-electron chi connectivity index (χ3n) is 5.17. The van der Waals surface area contributed by atoms with Crippen LogP contribution in [-0.2, 0) is 17.9 Å². The van der Waals surface area contributed by atoms with E-state index in [1.165, 1.54) is 31.2 Å². The molecule has 9 nitrogen and oxygen atoms in total. The second-order valence-corrected chi connectivity index (χ2v) is 8.45. The van der Waals surface area contributed by atoms with Gasteiger partial charge < -0.3 is 15.2 Å². The van der Waals surface area contributed by atoms with E-state index < -0.39 is 35.5 Å². The minimum atomic E-state index is -4.53. The lowest BCUT2D eigenvalue weighted by molar-refractivity contribution is -0.189. The van der Waals surface area contributed by atoms with Crippen LogP contribution in [0.2, 0.25) is 5.02 Å². The molecule has 0 radical (unpaired) electrons. The summed E-state index contributed by atoms with van der Waals surface area (Å²) in [6.45, 7) is 1.82.